The van der Waals surface area contributed by atoms with E-state index >= 15 is 0 Å². The fraction of sp³-hybridized carbons (Fsp3) is 0.600. The van der Waals surface area contributed by atoms with Crippen LogP contribution >= 0.6 is 0 Å². The number of carbonyl (C=O) groups excluding carboxylic acids is 1. The van der Waals surface area contributed by atoms with Crippen LogP contribution in [0.2, 0.25) is 0 Å². The molecule has 1 aliphatic rings. The highest BCUT2D eigenvalue weighted by Gasteiger charge is 2.21. The lowest BCUT2D eigenvalue weighted by atomic mass is 10.2. The Morgan fingerprint density at radius 1 is 1.72 bits per heavy atom. The van der Waals surface area contributed by atoms with E-state index in [4.69, 9.17) is 0 Å². The summed E-state index contributed by atoms with van der Waals surface area (Å²) in [5, 5.41) is 20.2. The third kappa shape index (κ3) is 3.04. The van der Waals surface area contributed by atoms with E-state index in [0.29, 0.717) is 13.1 Å². The zero-order valence-corrected chi connectivity index (χ0v) is 9.83. The summed E-state index contributed by atoms with van der Waals surface area (Å²) < 4.78 is 1.44. The predicted molar refractivity (Wildman–Crippen MR) is 62.9 cm³/mol. The van der Waals surface area contributed by atoms with Crippen molar-refractivity contribution in [2.45, 2.75) is 25.4 Å². The van der Waals surface area contributed by atoms with E-state index < -0.39 is 4.92 Å². The van der Waals surface area contributed by atoms with Gasteiger partial charge in [-0.1, -0.05) is 0 Å². The van der Waals surface area contributed by atoms with Crippen molar-refractivity contribution < 1.29 is 9.72 Å². The van der Waals surface area contributed by atoms with Gasteiger partial charge in [-0.2, -0.15) is 5.10 Å². The van der Waals surface area contributed by atoms with Gasteiger partial charge in [0.25, 0.3) is 0 Å². The molecular formula is C10H15N5O3. The number of nitro groups is 1. The van der Waals surface area contributed by atoms with Crippen molar-refractivity contribution in [3.05, 3.63) is 22.5 Å². The summed E-state index contributed by atoms with van der Waals surface area (Å²) >= 11 is 0. The lowest BCUT2D eigenvalue weighted by molar-refractivity contribution is -0.385. The molecule has 1 unspecified atom stereocenters. The Hall–Kier alpha value is -1.96. The average Bonchev–Trinajstić information content (AvgIpc) is 3.00. The maximum Gasteiger partial charge on any atom is 0.306 e. The van der Waals surface area contributed by atoms with Gasteiger partial charge in [-0.05, 0) is 19.4 Å². The summed E-state index contributed by atoms with van der Waals surface area (Å²) in [5.41, 5.74) is -0.0428. The minimum absolute atomic E-state index is 0.0193. The normalized spacial score (nSPS) is 18.8. The largest absolute Gasteiger partial charge is 0.353 e. The van der Waals surface area contributed by atoms with E-state index in [2.05, 4.69) is 15.7 Å². The van der Waals surface area contributed by atoms with Crippen molar-refractivity contribution in [3.63, 3.8) is 0 Å². The number of rotatable bonds is 5. The zero-order valence-electron chi connectivity index (χ0n) is 9.83. The molecule has 0 spiro atoms. The second-order valence-electron chi connectivity index (χ2n) is 4.16. The summed E-state index contributed by atoms with van der Waals surface area (Å²) in [6.45, 7) is 1.71. The number of nitrogens with zero attached hydrogens (tertiary/aromatic N) is 3. The fourth-order valence-corrected chi connectivity index (χ4v) is 1.89. The molecule has 2 rings (SSSR count). The molecule has 0 radical (unpaired) electrons. The van der Waals surface area contributed by atoms with Gasteiger partial charge < -0.3 is 10.6 Å². The Morgan fingerprint density at radius 2 is 2.56 bits per heavy atom. The molecule has 8 nitrogen and oxygen atoms in total. The van der Waals surface area contributed by atoms with Crippen LogP contribution < -0.4 is 10.6 Å². The lowest BCUT2D eigenvalue weighted by Crippen LogP contribution is -2.41. The predicted octanol–water partition coefficient (Wildman–Crippen LogP) is -0.341. The topological polar surface area (TPSA) is 102 Å². The van der Waals surface area contributed by atoms with Crippen molar-refractivity contribution in [1.29, 1.82) is 0 Å². The number of amides is 1. The molecule has 0 aromatic carbocycles. The number of nitrogens with one attached hydrogen (secondary N) is 2. The lowest BCUT2D eigenvalue weighted by Gasteiger charge is -2.10. The summed E-state index contributed by atoms with van der Waals surface area (Å²) in [7, 11) is 0. The van der Waals surface area contributed by atoms with Crippen LogP contribution in [0.15, 0.2) is 12.4 Å². The van der Waals surface area contributed by atoms with Crippen molar-refractivity contribution in [3.8, 4) is 0 Å². The van der Waals surface area contributed by atoms with Crippen LogP contribution in [0.3, 0.4) is 0 Å². The summed E-state index contributed by atoms with van der Waals surface area (Å²) in [4.78, 5) is 21.6. The molecule has 1 amide bonds. The molecule has 1 aromatic heterocycles. The van der Waals surface area contributed by atoms with Gasteiger partial charge in [0, 0.05) is 6.54 Å². The molecule has 2 heterocycles. The van der Waals surface area contributed by atoms with Crippen LogP contribution in [0, 0.1) is 10.1 Å². The van der Waals surface area contributed by atoms with Crippen LogP contribution in [0.25, 0.3) is 0 Å². The molecule has 0 saturated carbocycles. The zero-order chi connectivity index (χ0) is 13.0. The Kier molecular flexibility index (Phi) is 3.88. The molecule has 1 aromatic rings. The van der Waals surface area contributed by atoms with Crippen LogP contribution in [0.5, 0.6) is 0 Å². The molecule has 18 heavy (non-hydrogen) atoms. The molecule has 1 saturated heterocycles. The first-order valence-corrected chi connectivity index (χ1v) is 5.85. The highest BCUT2D eigenvalue weighted by atomic mass is 16.6. The maximum atomic E-state index is 11.6. The molecule has 98 valence electrons. The number of carbonyl (C=O) groups is 1. The van der Waals surface area contributed by atoms with Crippen molar-refractivity contribution in [2.75, 3.05) is 13.1 Å². The fourth-order valence-electron chi connectivity index (χ4n) is 1.89. The molecule has 0 bridgehead atoms. The highest BCUT2D eigenvalue weighted by molar-refractivity contribution is 5.81. The van der Waals surface area contributed by atoms with Crippen molar-refractivity contribution >= 4 is 11.6 Å². The molecular weight excluding hydrogens is 238 g/mol. The molecule has 1 atom stereocenters. The van der Waals surface area contributed by atoms with Crippen LogP contribution in [-0.2, 0) is 11.3 Å². The van der Waals surface area contributed by atoms with Gasteiger partial charge >= 0.3 is 5.69 Å². The van der Waals surface area contributed by atoms with Crippen LogP contribution in [0.4, 0.5) is 5.69 Å². The second-order valence-corrected chi connectivity index (χ2v) is 4.16. The van der Waals surface area contributed by atoms with Crippen LogP contribution in [0.1, 0.15) is 12.8 Å². The van der Waals surface area contributed by atoms with E-state index in [0.717, 1.165) is 19.4 Å². The monoisotopic (exact) mass is 253 g/mol. The second kappa shape index (κ2) is 5.58. The number of hydrogen-bond acceptors (Lipinski definition) is 5. The van der Waals surface area contributed by atoms with E-state index in [-0.39, 0.29) is 17.6 Å². The quantitative estimate of drug-likeness (QED) is 0.552. The Morgan fingerprint density at radius 3 is 3.17 bits per heavy atom. The molecule has 0 aliphatic carbocycles. The third-order valence-corrected chi connectivity index (χ3v) is 2.85. The summed E-state index contributed by atoms with van der Waals surface area (Å²) in [6, 6.07) is -0.100. The summed E-state index contributed by atoms with van der Waals surface area (Å²) in [5.74, 6) is -0.0193. The minimum atomic E-state index is -0.496. The van der Waals surface area contributed by atoms with E-state index in [1.807, 2.05) is 0 Å². The Balaban J connectivity index is 1.74. The molecule has 1 aliphatic heterocycles. The standard InChI is InChI=1S/C10H15N5O3/c16-10(9-2-1-3-11-9)12-4-5-14-7-8(6-13-14)15(17)18/h6-7,9,11H,1-5H2,(H,12,16). The SMILES string of the molecule is O=C(NCCn1cc([N+](=O)[O-])cn1)C1CCCN1. The molecule has 8 heteroatoms. The summed E-state index contributed by atoms with van der Waals surface area (Å²) in [6.07, 6.45) is 4.42. The van der Waals surface area contributed by atoms with Gasteiger partial charge in [0.05, 0.1) is 17.5 Å². The number of hydrogen-bond donors (Lipinski definition) is 2. The first kappa shape index (κ1) is 12.5. The third-order valence-electron chi connectivity index (χ3n) is 2.85. The maximum absolute atomic E-state index is 11.6. The van der Waals surface area contributed by atoms with E-state index in [1.54, 1.807) is 0 Å². The van der Waals surface area contributed by atoms with Gasteiger partial charge in [0.1, 0.15) is 12.4 Å². The van der Waals surface area contributed by atoms with E-state index in [1.165, 1.54) is 17.1 Å². The van der Waals surface area contributed by atoms with E-state index in [9.17, 15) is 14.9 Å². The average molecular weight is 253 g/mol. The smallest absolute Gasteiger partial charge is 0.306 e. The Bertz CT molecular complexity index is 438. The molecule has 1 fully saturated rings. The molecule has 2 N–H and O–H groups in total. The minimum Gasteiger partial charge on any atom is -0.353 e. The first-order valence-electron chi connectivity index (χ1n) is 5.85. The van der Waals surface area contributed by atoms with Gasteiger partial charge in [0.15, 0.2) is 0 Å². The van der Waals surface area contributed by atoms with Gasteiger partial charge in [-0.15, -0.1) is 0 Å². The first-order chi connectivity index (χ1) is 8.66. The van der Waals surface area contributed by atoms with Gasteiger partial charge in [-0.3, -0.25) is 19.6 Å². The van der Waals surface area contributed by atoms with Gasteiger partial charge in [-0.25, -0.2) is 0 Å². The van der Waals surface area contributed by atoms with Crippen molar-refractivity contribution in [1.82, 2.24) is 20.4 Å². The number of aromatic nitrogens is 2. The van der Waals surface area contributed by atoms with Gasteiger partial charge in [0.2, 0.25) is 5.91 Å². The Labute approximate surface area is 104 Å². The highest BCUT2D eigenvalue weighted by Crippen LogP contribution is 2.07. The van der Waals surface area contributed by atoms with Crippen molar-refractivity contribution in [2.24, 2.45) is 0 Å². The van der Waals surface area contributed by atoms with Crippen LogP contribution in [-0.4, -0.2) is 39.7 Å².